The second-order valence-electron chi connectivity index (χ2n) is 7.34. The van der Waals surface area contributed by atoms with E-state index >= 15 is 0 Å². The van der Waals surface area contributed by atoms with Crippen molar-refractivity contribution in [3.8, 4) is 11.6 Å². The van der Waals surface area contributed by atoms with Crippen LogP contribution in [-0.4, -0.2) is 16.8 Å². The van der Waals surface area contributed by atoms with Crippen LogP contribution >= 0.6 is 23.2 Å². The molecular formula is C26H19Cl2N3O3. The van der Waals surface area contributed by atoms with Gasteiger partial charge in [0.25, 0.3) is 11.8 Å². The van der Waals surface area contributed by atoms with Crippen LogP contribution in [0.4, 0.5) is 11.4 Å². The number of rotatable bonds is 6. The third kappa shape index (κ3) is 5.54. The summed E-state index contributed by atoms with van der Waals surface area (Å²) in [4.78, 5) is 29.6. The van der Waals surface area contributed by atoms with Crippen molar-refractivity contribution < 1.29 is 14.3 Å². The molecule has 1 heterocycles. The van der Waals surface area contributed by atoms with Gasteiger partial charge < -0.3 is 15.4 Å². The number of pyridine rings is 1. The molecule has 0 saturated heterocycles. The van der Waals surface area contributed by atoms with E-state index in [0.29, 0.717) is 33.3 Å². The van der Waals surface area contributed by atoms with Gasteiger partial charge in [-0.25, -0.2) is 4.98 Å². The van der Waals surface area contributed by atoms with Crippen molar-refractivity contribution in [1.82, 2.24) is 4.98 Å². The zero-order valence-electron chi connectivity index (χ0n) is 18.0. The highest BCUT2D eigenvalue weighted by molar-refractivity contribution is 6.35. The van der Waals surface area contributed by atoms with Crippen LogP contribution in [0.1, 0.15) is 26.3 Å². The smallest absolute Gasteiger partial charge is 0.255 e. The maximum atomic E-state index is 13.0. The molecule has 4 aromatic rings. The van der Waals surface area contributed by atoms with Gasteiger partial charge in [0.05, 0.1) is 10.7 Å². The van der Waals surface area contributed by atoms with Gasteiger partial charge in [-0.2, -0.15) is 0 Å². The van der Waals surface area contributed by atoms with Crippen molar-refractivity contribution in [2.45, 2.75) is 6.92 Å². The standard InChI is InChI=1S/C26H19Cl2N3O3/c1-16-11-12-18(13-22(16)31-24(32)17-7-3-2-4-8-17)25(33)30-21-9-5-6-10-23(21)34-26-20(28)14-19(27)15-29-26/h2-15H,1H3,(H,30,33)(H,31,32). The van der Waals surface area contributed by atoms with Crippen molar-refractivity contribution >= 4 is 46.4 Å². The first-order chi connectivity index (χ1) is 16.4. The molecular weight excluding hydrogens is 473 g/mol. The number of anilines is 2. The summed E-state index contributed by atoms with van der Waals surface area (Å²) in [5, 5.41) is 6.32. The molecule has 0 bridgehead atoms. The van der Waals surface area contributed by atoms with E-state index in [0.717, 1.165) is 5.56 Å². The van der Waals surface area contributed by atoms with Crippen LogP contribution in [-0.2, 0) is 0 Å². The average Bonchev–Trinajstić information content (AvgIpc) is 2.84. The van der Waals surface area contributed by atoms with Crippen LogP contribution < -0.4 is 15.4 Å². The fraction of sp³-hybridized carbons (Fsp3) is 0.0385. The van der Waals surface area contributed by atoms with Crippen molar-refractivity contribution in [3.63, 3.8) is 0 Å². The zero-order valence-corrected chi connectivity index (χ0v) is 19.5. The van der Waals surface area contributed by atoms with Crippen LogP contribution in [0.2, 0.25) is 10.0 Å². The summed E-state index contributed by atoms with van der Waals surface area (Å²) in [6.07, 6.45) is 1.42. The minimum atomic E-state index is -0.374. The monoisotopic (exact) mass is 491 g/mol. The molecule has 8 heteroatoms. The van der Waals surface area contributed by atoms with Gasteiger partial charge in [0.1, 0.15) is 5.02 Å². The molecule has 0 aliphatic rings. The molecule has 2 amide bonds. The Bertz CT molecular complexity index is 1360. The highest BCUT2D eigenvalue weighted by atomic mass is 35.5. The van der Waals surface area contributed by atoms with Gasteiger partial charge in [-0.15, -0.1) is 0 Å². The number of hydrogen-bond donors (Lipinski definition) is 2. The summed E-state index contributed by atoms with van der Waals surface area (Å²) in [5.41, 5.74) is 2.69. The SMILES string of the molecule is Cc1ccc(C(=O)Nc2ccccc2Oc2ncc(Cl)cc2Cl)cc1NC(=O)c1ccccc1. The minimum Gasteiger partial charge on any atom is -0.435 e. The molecule has 3 aromatic carbocycles. The fourth-order valence-corrected chi connectivity index (χ4v) is 3.54. The van der Waals surface area contributed by atoms with E-state index in [4.69, 9.17) is 27.9 Å². The van der Waals surface area contributed by atoms with E-state index in [1.165, 1.54) is 12.3 Å². The summed E-state index contributed by atoms with van der Waals surface area (Å²) < 4.78 is 5.80. The second kappa shape index (κ2) is 10.4. The maximum absolute atomic E-state index is 13.0. The van der Waals surface area contributed by atoms with E-state index in [9.17, 15) is 9.59 Å². The van der Waals surface area contributed by atoms with E-state index < -0.39 is 0 Å². The predicted octanol–water partition coefficient (Wildman–Crippen LogP) is 6.99. The molecule has 0 fully saturated rings. The lowest BCUT2D eigenvalue weighted by Crippen LogP contribution is -2.15. The van der Waals surface area contributed by atoms with Gasteiger partial charge in [0.15, 0.2) is 5.75 Å². The Morgan fingerprint density at radius 2 is 1.47 bits per heavy atom. The molecule has 0 unspecified atom stereocenters. The quantitative estimate of drug-likeness (QED) is 0.304. The van der Waals surface area contributed by atoms with Crippen LogP contribution in [0.3, 0.4) is 0 Å². The molecule has 0 spiro atoms. The number of carbonyl (C=O) groups is 2. The van der Waals surface area contributed by atoms with Gasteiger partial charge in [-0.1, -0.05) is 59.6 Å². The number of carbonyl (C=O) groups excluding carboxylic acids is 2. The first kappa shape index (κ1) is 23.3. The normalized spacial score (nSPS) is 10.4. The number of hydrogen-bond acceptors (Lipinski definition) is 4. The van der Waals surface area contributed by atoms with E-state index in [2.05, 4.69) is 15.6 Å². The Morgan fingerprint density at radius 1 is 0.794 bits per heavy atom. The molecule has 0 atom stereocenters. The summed E-state index contributed by atoms with van der Waals surface area (Å²) in [7, 11) is 0. The number of nitrogens with zero attached hydrogens (tertiary/aromatic N) is 1. The number of ether oxygens (including phenoxy) is 1. The average molecular weight is 492 g/mol. The van der Waals surface area contributed by atoms with Gasteiger partial charge in [0.2, 0.25) is 5.88 Å². The van der Waals surface area contributed by atoms with Crippen LogP contribution in [0.25, 0.3) is 0 Å². The Labute approximate surface area is 206 Å². The van der Waals surface area contributed by atoms with Crippen molar-refractivity contribution in [1.29, 1.82) is 0 Å². The van der Waals surface area contributed by atoms with E-state index in [1.807, 2.05) is 13.0 Å². The first-order valence-electron chi connectivity index (χ1n) is 10.3. The second-order valence-corrected chi connectivity index (χ2v) is 8.19. The molecule has 0 aliphatic carbocycles. The lowest BCUT2D eigenvalue weighted by molar-refractivity contribution is 0.101. The van der Waals surface area contributed by atoms with Gasteiger partial charge in [-0.05, 0) is 55.0 Å². The van der Waals surface area contributed by atoms with Crippen molar-refractivity contribution in [3.05, 3.63) is 112 Å². The van der Waals surface area contributed by atoms with Gasteiger partial charge >= 0.3 is 0 Å². The van der Waals surface area contributed by atoms with Crippen LogP contribution in [0.5, 0.6) is 11.6 Å². The van der Waals surface area contributed by atoms with Gasteiger partial charge in [-0.3, -0.25) is 9.59 Å². The van der Waals surface area contributed by atoms with Crippen molar-refractivity contribution in [2.75, 3.05) is 10.6 Å². The third-order valence-electron chi connectivity index (χ3n) is 4.90. The summed E-state index contributed by atoms with van der Waals surface area (Å²) in [6.45, 7) is 1.86. The van der Waals surface area contributed by atoms with E-state index in [-0.39, 0.29) is 22.7 Å². The Hall–Kier alpha value is -3.87. The summed E-state index contributed by atoms with van der Waals surface area (Å²) >= 11 is 12.0. The Morgan fingerprint density at radius 3 is 2.24 bits per heavy atom. The molecule has 6 nitrogen and oxygen atoms in total. The Kier molecular flexibility index (Phi) is 7.11. The highest BCUT2D eigenvalue weighted by Crippen LogP contribution is 2.33. The molecule has 1 aromatic heterocycles. The number of halogens is 2. The predicted molar refractivity (Wildman–Crippen MR) is 134 cm³/mol. The largest absolute Gasteiger partial charge is 0.435 e. The molecule has 0 saturated carbocycles. The van der Waals surface area contributed by atoms with Crippen LogP contribution in [0, 0.1) is 6.92 Å². The molecule has 34 heavy (non-hydrogen) atoms. The lowest BCUT2D eigenvalue weighted by atomic mass is 10.1. The van der Waals surface area contributed by atoms with E-state index in [1.54, 1.807) is 66.7 Å². The maximum Gasteiger partial charge on any atom is 0.255 e. The summed E-state index contributed by atoms with van der Waals surface area (Å²) in [5.74, 6) is -0.111. The fourth-order valence-electron chi connectivity index (χ4n) is 3.12. The number of nitrogens with one attached hydrogen (secondary N) is 2. The molecule has 170 valence electrons. The highest BCUT2D eigenvalue weighted by Gasteiger charge is 2.15. The lowest BCUT2D eigenvalue weighted by Gasteiger charge is -2.14. The summed E-state index contributed by atoms with van der Waals surface area (Å²) in [6, 6.07) is 22.4. The van der Waals surface area contributed by atoms with Crippen LogP contribution in [0.15, 0.2) is 85.1 Å². The Balaban J connectivity index is 1.53. The topological polar surface area (TPSA) is 80.3 Å². The van der Waals surface area contributed by atoms with Gasteiger partial charge in [0, 0.05) is 23.0 Å². The molecule has 2 N–H and O–H groups in total. The molecule has 0 radical (unpaired) electrons. The zero-order chi connectivity index (χ0) is 24.1. The molecule has 0 aliphatic heterocycles. The van der Waals surface area contributed by atoms with Crippen molar-refractivity contribution in [2.24, 2.45) is 0 Å². The third-order valence-corrected chi connectivity index (χ3v) is 5.38. The number of para-hydroxylation sites is 2. The number of aryl methyl sites for hydroxylation is 1. The number of benzene rings is 3. The first-order valence-corrected chi connectivity index (χ1v) is 11.0. The number of amides is 2. The number of aromatic nitrogens is 1. The minimum absolute atomic E-state index is 0.161. The molecule has 4 rings (SSSR count).